The number of anilines is 1. The SMILES string of the molecule is COc1cccc(C(=O)O[C@H](C(=O)O)[C@@H](OC(=O)c2cccc(OC)c2)C(=O)Nc2ccc(C)cc2C)c1. The summed E-state index contributed by atoms with van der Waals surface area (Å²) in [4.78, 5) is 51.3. The Bertz CT molecular complexity index is 1350. The number of nitrogens with one attached hydrogen (secondary N) is 1. The molecule has 0 heterocycles. The van der Waals surface area contributed by atoms with E-state index in [1.54, 1.807) is 31.2 Å². The number of carbonyl (C=O) groups is 4. The van der Waals surface area contributed by atoms with Crippen LogP contribution in [0.3, 0.4) is 0 Å². The molecule has 0 bridgehead atoms. The van der Waals surface area contributed by atoms with Gasteiger partial charge in [0, 0.05) is 5.69 Å². The fourth-order valence-corrected chi connectivity index (χ4v) is 3.52. The van der Waals surface area contributed by atoms with Gasteiger partial charge in [-0.3, -0.25) is 4.79 Å². The maximum absolute atomic E-state index is 13.3. The lowest BCUT2D eigenvalue weighted by atomic mass is 10.1. The molecule has 0 aliphatic heterocycles. The molecule has 3 aromatic carbocycles. The van der Waals surface area contributed by atoms with Crippen LogP contribution in [0.1, 0.15) is 31.8 Å². The molecule has 0 aromatic heterocycles. The van der Waals surface area contributed by atoms with E-state index in [9.17, 15) is 24.3 Å². The van der Waals surface area contributed by atoms with Crippen molar-refractivity contribution in [1.82, 2.24) is 0 Å². The number of benzene rings is 3. The van der Waals surface area contributed by atoms with E-state index in [1.165, 1.54) is 50.6 Å². The second kappa shape index (κ2) is 12.4. The maximum Gasteiger partial charge on any atom is 0.349 e. The summed E-state index contributed by atoms with van der Waals surface area (Å²) in [7, 11) is 2.80. The van der Waals surface area contributed by atoms with Crippen molar-refractivity contribution >= 4 is 29.5 Å². The molecule has 1 amide bonds. The van der Waals surface area contributed by atoms with Crippen LogP contribution in [0.4, 0.5) is 5.69 Å². The molecule has 0 saturated carbocycles. The van der Waals surface area contributed by atoms with E-state index in [1.807, 2.05) is 13.0 Å². The first-order valence-corrected chi connectivity index (χ1v) is 11.4. The minimum atomic E-state index is -2.17. The van der Waals surface area contributed by atoms with Crippen molar-refractivity contribution in [3.05, 3.63) is 89.0 Å². The first kappa shape index (κ1) is 27.7. The zero-order valence-corrected chi connectivity index (χ0v) is 21.2. The highest BCUT2D eigenvalue weighted by Gasteiger charge is 2.41. The number of carboxylic acid groups (broad SMARTS) is 1. The summed E-state index contributed by atoms with van der Waals surface area (Å²) < 4.78 is 20.7. The number of carboxylic acids is 1. The lowest BCUT2D eigenvalue weighted by Crippen LogP contribution is -2.48. The molecule has 10 heteroatoms. The third kappa shape index (κ3) is 6.88. The van der Waals surface area contributed by atoms with Crippen LogP contribution in [-0.4, -0.2) is 55.3 Å². The fraction of sp³-hybridized carbons (Fsp3) is 0.214. The normalized spacial score (nSPS) is 12.0. The minimum Gasteiger partial charge on any atom is -0.497 e. The first-order chi connectivity index (χ1) is 18.1. The van der Waals surface area contributed by atoms with Crippen molar-refractivity contribution < 1.29 is 43.2 Å². The van der Waals surface area contributed by atoms with E-state index in [4.69, 9.17) is 18.9 Å². The summed E-state index contributed by atoms with van der Waals surface area (Å²) in [6, 6.07) is 16.9. The van der Waals surface area contributed by atoms with Crippen LogP contribution in [0, 0.1) is 13.8 Å². The molecule has 0 aliphatic rings. The van der Waals surface area contributed by atoms with Gasteiger partial charge in [0.1, 0.15) is 11.5 Å². The number of aliphatic carboxylic acids is 1. The second-order valence-electron chi connectivity index (χ2n) is 8.26. The third-order valence-corrected chi connectivity index (χ3v) is 5.50. The van der Waals surface area contributed by atoms with Crippen molar-refractivity contribution in [3.8, 4) is 11.5 Å². The Morgan fingerprint density at radius 3 is 1.74 bits per heavy atom. The van der Waals surface area contributed by atoms with Crippen LogP contribution >= 0.6 is 0 Å². The van der Waals surface area contributed by atoms with Gasteiger partial charge in [0.25, 0.3) is 5.91 Å². The van der Waals surface area contributed by atoms with Gasteiger partial charge in [-0.1, -0.05) is 29.8 Å². The number of hydrogen-bond acceptors (Lipinski definition) is 8. The summed E-state index contributed by atoms with van der Waals surface area (Å²) >= 11 is 0. The highest BCUT2D eigenvalue weighted by molar-refractivity contribution is 6.02. The number of esters is 2. The Balaban J connectivity index is 1.95. The van der Waals surface area contributed by atoms with Crippen molar-refractivity contribution in [2.24, 2.45) is 0 Å². The summed E-state index contributed by atoms with van der Waals surface area (Å²) in [5.74, 6) is -4.10. The van der Waals surface area contributed by atoms with Gasteiger partial charge in [-0.2, -0.15) is 0 Å². The number of rotatable bonds is 10. The Kier molecular flexibility index (Phi) is 9.04. The summed E-state index contributed by atoms with van der Waals surface area (Å²) in [6.45, 7) is 3.62. The Morgan fingerprint density at radius 2 is 1.26 bits per heavy atom. The van der Waals surface area contributed by atoms with Gasteiger partial charge < -0.3 is 29.4 Å². The maximum atomic E-state index is 13.3. The molecule has 0 fully saturated rings. The molecule has 3 rings (SSSR count). The molecule has 10 nitrogen and oxygen atoms in total. The minimum absolute atomic E-state index is 0.00284. The number of amides is 1. The Labute approximate surface area is 219 Å². The first-order valence-electron chi connectivity index (χ1n) is 11.4. The monoisotopic (exact) mass is 521 g/mol. The van der Waals surface area contributed by atoms with E-state index in [0.717, 1.165) is 5.56 Å². The number of carbonyl (C=O) groups excluding carboxylic acids is 3. The zero-order chi connectivity index (χ0) is 27.8. The molecule has 0 radical (unpaired) electrons. The van der Waals surface area contributed by atoms with Crippen LogP contribution in [-0.2, 0) is 19.1 Å². The quantitative estimate of drug-likeness (QED) is 0.382. The molecule has 198 valence electrons. The topological polar surface area (TPSA) is 137 Å². The summed E-state index contributed by atoms with van der Waals surface area (Å²) in [6.07, 6.45) is -4.21. The Hall–Kier alpha value is -4.86. The lowest BCUT2D eigenvalue weighted by molar-refractivity contribution is -0.157. The standard InChI is InChI=1S/C28H27NO9/c1-16-11-12-22(17(2)13-16)29-25(30)23(37-27(33)18-7-5-9-20(14-18)35-3)24(26(31)32)38-28(34)19-8-6-10-21(15-19)36-4/h5-15,23-24H,1-4H3,(H,29,30)(H,31,32)/t23-,24+/m1/s1. The number of aryl methyl sites for hydroxylation is 2. The number of methoxy groups -OCH3 is 2. The van der Waals surface area contributed by atoms with E-state index >= 15 is 0 Å². The van der Waals surface area contributed by atoms with Crippen LogP contribution in [0.15, 0.2) is 66.7 Å². The van der Waals surface area contributed by atoms with Crippen molar-refractivity contribution in [1.29, 1.82) is 0 Å². The molecule has 0 spiro atoms. The zero-order valence-electron chi connectivity index (χ0n) is 21.2. The summed E-state index contributed by atoms with van der Waals surface area (Å²) in [5, 5.41) is 12.5. The number of hydrogen-bond donors (Lipinski definition) is 2. The van der Waals surface area contributed by atoms with Crippen molar-refractivity contribution in [3.63, 3.8) is 0 Å². The van der Waals surface area contributed by atoms with Gasteiger partial charge in [0.05, 0.1) is 25.3 Å². The predicted octanol–water partition coefficient (Wildman–Crippen LogP) is 3.79. The van der Waals surface area contributed by atoms with Gasteiger partial charge in [0.15, 0.2) is 0 Å². The second-order valence-corrected chi connectivity index (χ2v) is 8.26. The molecular weight excluding hydrogens is 494 g/mol. The average Bonchev–Trinajstić information content (AvgIpc) is 2.91. The highest BCUT2D eigenvalue weighted by Crippen LogP contribution is 2.21. The molecule has 2 atom stereocenters. The molecule has 0 saturated heterocycles. The molecule has 0 unspecified atom stereocenters. The molecule has 3 aromatic rings. The predicted molar refractivity (Wildman–Crippen MR) is 137 cm³/mol. The van der Waals surface area contributed by atoms with Crippen LogP contribution in [0.2, 0.25) is 0 Å². The van der Waals surface area contributed by atoms with E-state index in [2.05, 4.69) is 5.32 Å². The van der Waals surface area contributed by atoms with Crippen LogP contribution in [0.5, 0.6) is 11.5 Å². The van der Waals surface area contributed by atoms with E-state index in [-0.39, 0.29) is 11.1 Å². The molecule has 38 heavy (non-hydrogen) atoms. The van der Waals surface area contributed by atoms with Crippen molar-refractivity contribution in [2.45, 2.75) is 26.1 Å². The van der Waals surface area contributed by atoms with Gasteiger partial charge in [-0.15, -0.1) is 0 Å². The van der Waals surface area contributed by atoms with Crippen LogP contribution in [0.25, 0.3) is 0 Å². The molecular formula is C28H27NO9. The van der Waals surface area contributed by atoms with Gasteiger partial charge in [-0.25, -0.2) is 14.4 Å². The fourth-order valence-electron chi connectivity index (χ4n) is 3.52. The largest absolute Gasteiger partial charge is 0.497 e. The summed E-state index contributed by atoms with van der Waals surface area (Å²) in [5.41, 5.74) is 1.97. The highest BCUT2D eigenvalue weighted by atomic mass is 16.6. The third-order valence-electron chi connectivity index (χ3n) is 5.50. The Morgan fingerprint density at radius 1 is 0.737 bits per heavy atom. The van der Waals surface area contributed by atoms with Gasteiger partial charge >= 0.3 is 17.9 Å². The number of ether oxygens (including phenoxy) is 4. The van der Waals surface area contributed by atoms with E-state index in [0.29, 0.717) is 22.7 Å². The van der Waals surface area contributed by atoms with Gasteiger partial charge in [-0.05, 0) is 61.9 Å². The lowest BCUT2D eigenvalue weighted by Gasteiger charge is -2.24. The van der Waals surface area contributed by atoms with Crippen molar-refractivity contribution in [2.75, 3.05) is 19.5 Å². The van der Waals surface area contributed by atoms with Gasteiger partial charge in [0.2, 0.25) is 12.2 Å². The molecule has 2 N–H and O–H groups in total. The molecule has 0 aliphatic carbocycles. The van der Waals surface area contributed by atoms with E-state index < -0.39 is 36.0 Å². The smallest absolute Gasteiger partial charge is 0.349 e. The average molecular weight is 522 g/mol. The van der Waals surface area contributed by atoms with Crippen LogP contribution < -0.4 is 14.8 Å².